The number of hydrogen-bond donors (Lipinski definition) is 0. The van der Waals surface area contributed by atoms with E-state index in [0.717, 1.165) is 17.8 Å². The predicted molar refractivity (Wildman–Crippen MR) is 91.6 cm³/mol. The quantitative estimate of drug-likeness (QED) is 0.735. The molecule has 3 rings (SSSR count). The molecule has 0 spiro atoms. The van der Waals surface area contributed by atoms with Crippen molar-refractivity contribution in [3.63, 3.8) is 0 Å². The van der Waals surface area contributed by atoms with E-state index in [1.54, 1.807) is 18.2 Å². The number of hydrogen-bond acceptors (Lipinski definition) is 4. The van der Waals surface area contributed by atoms with Crippen LogP contribution in [0.3, 0.4) is 0 Å². The molecule has 138 valence electrons. The maximum absolute atomic E-state index is 14.2. The number of carbonyl (C=O) groups is 1. The molecule has 1 atom stereocenters. The summed E-state index contributed by atoms with van der Waals surface area (Å²) < 4.78 is 51.5. The Bertz CT molecular complexity index is 847. The van der Waals surface area contributed by atoms with Crippen molar-refractivity contribution in [3.05, 3.63) is 58.9 Å². The van der Waals surface area contributed by atoms with Gasteiger partial charge < -0.3 is 14.4 Å². The van der Waals surface area contributed by atoms with E-state index in [2.05, 4.69) is 0 Å². The molecule has 2 aromatic rings. The molecule has 0 N–H and O–H groups in total. The van der Waals surface area contributed by atoms with E-state index in [9.17, 15) is 18.0 Å². The van der Waals surface area contributed by atoms with Crippen molar-refractivity contribution in [2.75, 3.05) is 20.0 Å². The molecule has 1 unspecified atom stereocenters. The summed E-state index contributed by atoms with van der Waals surface area (Å²) in [5.74, 6) is -3.07. The fourth-order valence-electron chi connectivity index (χ4n) is 2.80. The lowest BCUT2D eigenvalue weighted by molar-refractivity contribution is -0.128. The first kappa shape index (κ1) is 18.4. The third-order valence-electron chi connectivity index (χ3n) is 4.13. The maximum atomic E-state index is 14.2. The number of halogens is 3. The van der Waals surface area contributed by atoms with Gasteiger partial charge in [0.1, 0.15) is 16.9 Å². The summed E-state index contributed by atoms with van der Waals surface area (Å²) in [5.41, 5.74) is 0.595. The second kappa shape index (κ2) is 7.49. The molecule has 2 aromatic carbocycles. The van der Waals surface area contributed by atoms with E-state index in [1.807, 2.05) is 0 Å². The van der Waals surface area contributed by atoms with Crippen LogP contribution in [0.4, 0.5) is 13.2 Å². The molecule has 1 saturated heterocycles. The third kappa shape index (κ3) is 3.33. The van der Waals surface area contributed by atoms with Crippen LogP contribution in [0.5, 0.6) is 11.5 Å². The predicted octanol–water partition coefficient (Wildman–Crippen LogP) is 3.90. The van der Waals surface area contributed by atoms with Crippen LogP contribution < -0.4 is 9.47 Å². The fraction of sp³-hybridized carbons (Fsp3) is 0.278. The van der Waals surface area contributed by atoms with Crippen LogP contribution in [0.1, 0.15) is 16.5 Å². The van der Waals surface area contributed by atoms with Gasteiger partial charge in [0.2, 0.25) is 5.91 Å². The summed E-state index contributed by atoms with van der Waals surface area (Å²) in [6.07, 6.45) is 0. The van der Waals surface area contributed by atoms with Gasteiger partial charge in [-0.2, -0.15) is 0 Å². The summed E-state index contributed by atoms with van der Waals surface area (Å²) in [7, 11) is 3.01. The fourth-order valence-corrected chi connectivity index (χ4v) is 4.00. The second-order valence-corrected chi connectivity index (χ2v) is 6.70. The summed E-state index contributed by atoms with van der Waals surface area (Å²) in [4.78, 5) is 13.7. The monoisotopic (exact) mass is 383 g/mol. The number of benzene rings is 2. The smallest absolute Gasteiger partial charge is 0.234 e. The lowest BCUT2D eigenvalue weighted by Crippen LogP contribution is -2.28. The molecule has 0 aliphatic carbocycles. The number of amides is 1. The molecule has 1 amide bonds. The Kier molecular flexibility index (Phi) is 5.31. The molecule has 1 aliphatic heterocycles. The Labute approximate surface area is 152 Å². The molecule has 4 nitrogen and oxygen atoms in total. The topological polar surface area (TPSA) is 38.8 Å². The first-order valence-electron chi connectivity index (χ1n) is 7.71. The standard InChI is InChI=1S/C18H16F3NO3S/c1-24-11-3-6-14(25-2)10(7-11)8-22-15(23)9-26-18(22)12-4-5-13(19)17(21)16(12)20/h3-7,18H,8-9H2,1-2H3. The van der Waals surface area contributed by atoms with Crippen LogP contribution in [0, 0.1) is 17.5 Å². The molecule has 1 heterocycles. The third-order valence-corrected chi connectivity index (χ3v) is 5.37. The van der Waals surface area contributed by atoms with Gasteiger partial charge in [-0.3, -0.25) is 4.79 Å². The highest BCUT2D eigenvalue weighted by molar-refractivity contribution is 8.00. The first-order chi connectivity index (χ1) is 12.5. The number of methoxy groups -OCH3 is 2. The van der Waals surface area contributed by atoms with Crippen LogP contribution >= 0.6 is 11.8 Å². The molecule has 0 aromatic heterocycles. The minimum atomic E-state index is -1.54. The van der Waals surface area contributed by atoms with Crippen molar-refractivity contribution < 1.29 is 27.4 Å². The number of nitrogens with zero attached hydrogens (tertiary/aromatic N) is 1. The van der Waals surface area contributed by atoms with E-state index < -0.39 is 22.8 Å². The van der Waals surface area contributed by atoms with Crippen molar-refractivity contribution in [2.45, 2.75) is 11.9 Å². The molecule has 1 aliphatic rings. The molecule has 1 fully saturated rings. The van der Waals surface area contributed by atoms with Gasteiger partial charge in [-0.25, -0.2) is 13.2 Å². The SMILES string of the molecule is COc1ccc(OC)c(CN2C(=O)CSC2c2ccc(F)c(F)c2F)c1. The highest BCUT2D eigenvalue weighted by Crippen LogP contribution is 2.42. The number of rotatable bonds is 5. The van der Waals surface area contributed by atoms with Crippen LogP contribution in [-0.2, 0) is 11.3 Å². The normalized spacial score (nSPS) is 16.9. The van der Waals surface area contributed by atoms with Crippen LogP contribution in [0.15, 0.2) is 30.3 Å². The van der Waals surface area contributed by atoms with Gasteiger partial charge in [-0.05, 0) is 24.3 Å². The minimum Gasteiger partial charge on any atom is -0.497 e. The van der Waals surface area contributed by atoms with Crippen molar-refractivity contribution >= 4 is 17.7 Å². The Balaban J connectivity index is 1.96. The number of thioether (sulfide) groups is 1. The average molecular weight is 383 g/mol. The van der Waals surface area contributed by atoms with Crippen LogP contribution in [0.2, 0.25) is 0 Å². The Hall–Kier alpha value is -2.35. The Morgan fingerprint density at radius 2 is 1.88 bits per heavy atom. The van der Waals surface area contributed by atoms with Crippen molar-refractivity contribution in [2.24, 2.45) is 0 Å². The molecule has 0 saturated carbocycles. The molecule has 26 heavy (non-hydrogen) atoms. The van der Waals surface area contributed by atoms with Crippen LogP contribution in [-0.4, -0.2) is 30.8 Å². The largest absolute Gasteiger partial charge is 0.497 e. The van der Waals surface area contributed by atoms with Gasteiger partial charge in [-0.1, -0.05) is 6.07 Å². The van der Waals surface area contributed by atoms with E-state index in [0.29, 0.717) is 17.1 Å². The maximum Gasteiger partial charge on any atom is 0.234 e. The van der Waals surface area contributed by atoms with E-state index in [4.69, 9.17) is 9.47 Å². The molecular weight excluding hydrogens is 367 g/mol. The van der Waals surface area contributed by atoms with Gasteiger partial charge in [0.25, 0.3) is 0 Å². The van der Waals surface area contributed by atoms with E-state index in [-0.39, 0.29) is 23.8 Å². The molecule has 8 heteroatoms. The van der Waals surface area contributed by atoms with Gasteiger partial charge in [-0.15, -0.1) is 11.8 Å². The van der Waals surface area contributed by atoms with Gasteiger partial charge in [0, 0.05) is 11.1 Å². The first-order valence-corrected chi connectivity index (χ1v) is 8.76. The zero-order chi connectivity index (χ0) is 18.8. The highest BCUT2D eigenvalue weighted by atomic mass is 32.2. The zero-order valence-corrected chi connectivity index (χ0v) is 14.9. The molecular formula is C18H16F3NO3S. The summed E-state index contributed by atoms with van der Waals surface area (Å²) in [6, 6.07) is 7.17. The number of carbonyl (C=O) groups excluding carboxylic acids is 1. The molecule has 0 bridgehead atoms. The average Bonchev–Trinajstić information content (AvgIpc) is 3.00. The van der Waals surface area contributed by atoms with Gasteiger partial charge in [0.15, 0.2) is 17.5 Å². The highest BCUT2D eigenvalue weighted by Gasteiger charge is 2.36. The summed E-state index contributed by atoms with van der Waals surface area (Å²) in [6.45, 7) is 0.120. The van der Waals surface area contributed by atoms with E-state index in [1.165, 1.54) is 25.2 Å². The van der Waals surface area contributed by atoms with Gasteiger partial charge >= 0.3 is 0 Å². The lowest BCUT2D eigenvalue weighted by Gasteiger charge is -2.25. The number of ether oxygens (including phenoxy) is 2. The van der Waals surface area contributed by atoms with Crippen LogP contribution in [0.25, 0.3) is 0 Å². The van der Waals surface area contributed by atoms with Gasteiger partial charge in [0.05, 0.1) is 26.5 Å². The summed E-state index contributed by atoms with van der Waals surface area (Å²) in [5, 5.41) is -0.756. The van der Waals surface area contributed by atoms with Crippen molar-refractivity contribution in [3.8, 4) is 11.5 Å². The van der Waals surface area contributed by atoms with E-state index >= 15 is 0 Å². The Morgan fingerprint density at radius 1 is 1.12 bits per heavy atom. The minimum absolute atomic E-state index is 0.0680. The second-order valence-electron chi connectivity index (χ2n) is 5.63. The lowest BCUT2D eigenvalue weighted by atomic mass is 10.1. The zero-order valence-electron chi connectivity index (χ0n) is 14.1. The Morgan fingerprint density at radius 3 is 2.58 bits per heavy atom. The summed E-state index contributed by atoms with van der Waals surface area (Å²) >= 11 is 1.16. The van der Waals surface area contributed by atoms with Crippen molar-refractivity contribution in [1.82, 2.24) is 4.90 Å². The van der Waals surface area contributed by atoms with Crippen molar-refractivity contribution in [1.29, 1.82) is 0 Å². The molecule has 0 radical (unpaired) electrons.